The SMILES string of the molecule is CC(C)(C)CC(=O)Nc1nc2c(cc1F)N(Cc1ccc(F)cc1F)C[C@@H]1C[C@H]21. The van der Waals surface area contributed by atoms with Crippen LogP contribution in [0, 0.1) is 28.8 Å². The first-order chi connectivity index (χ1) is 13.6. The van der Waals surface area contributed by atoms with Crippen LogP contribution in [-0.4, -0.2) is 17.4 Å². The zero-order chi connectivity index (χ0) is 20.9. The number of pyridine rings is 1. The second kappa shape index (κ2) is 7.04. The largest absolute Gasteiger partial charge is 0.365 e. The van der Waals surface area contributed by atoms with Crippen LogP contribution in [0.1, 0.15) is 50.8 Å². The van der Waals surface area contributed by atoms with Crippen LogP contribution in [-0.2, 0) is 11.3 Å². The van der Waals surface area contributed by atoms with E-state index in [0.29, 0.717) is 23.7 Å². The van der Waals surface area contributed by atoms with E-state index >= 15 is 0 Å². The van der Waals surface area contributed by atoms with E-state index in [-0.39, 0.29) is 36.0 Å². The Morgan fingerprint density at radius 3 is 2.66 bits per heavy atom. The number of carbonyl (C=O) groups is 1. The summed E-state index contributed by atoms with van der Waals surface area (Å²) in [5, 5.41) is 2.59. The average molecular weight is 403 g/mol. The number of amides is 1. The van der Waals surface area contributed by atoms with E-state index in [2.05, 4.69) is 10.3 Å². The van der Waals surface area contributed by atoms with Crippen molar-refractivity contribution in [3.8, 4) is 0 Å². The van der Waals surface area contributed by atoms with Gasteiger partial charge in [-0.15, -0.1) is 0 Å². The number of carbonyl (C=O) groups excluding carboxylic acids is 1. The second-order valence-corrected chi connectivity index (χ2v) is 9.23. The van der Waals surface area contributed by atoms with E-state index in [1.54, 1.807) is 0 Å². The molecule has 2 heterocycles. The lowest BCUT2D eigenvalue weighted by atomic mass is 9.92. The maximum absolute atomic E-state index is 14.7. The lowest BCUT2D eigenvalue weighted by Crippen LogP contribution is -2.31. The third-order valence-electron chi connectivity index (χ3n) is 5.38. The smallest absolute Gasteiger partial charge is 0.226 e. The Labute approximate surface area is 168 Å². The minimum absolute atomic E-state index is 0.0570. The van der Waals surface area contributed by atoms with Crippen molar-refractivity contribution < 1.29 is 18.0 Å². The van der Waals surface area contributed by atoms with Crippen LogP contribution in [0.3, 0.4) is 0 Å². The van der Waals surface area contributed by atoms with Gasteiger partial charge < -0.3 is 10.2 Å². The van der Waals surface area contributed by atoms with Crippen LogP contribution < -0.4 is 10.2 Å². The van der Waals surface area contributed by atoms with Crippen LogP contribution in [0.5, 0.6) is 0 Å². The fourth-order valence-electron chi connectivity index (χ4n) is 3.94. The van der Waals surface area contributed by atoms with Gasteiger partial charge in [0.1, 0.15) is 11.6 Å². The first-order valence-corrected chi connectivity index (χ1v) is 9.80. The fourth-order valence-corrected chi connectivity index (χ4v) is 3.94. The molecule has 1 amide bonds. The summed E-state index contributed by atoms with van der Waals surface area (Å²) in [5.41, 5.74) is 1.47. The van der Waals surface area contributed by atoms with Crippen molar-refractivity contribution in [3.05, 3.63) is 53.0 Å². The highest BCUT2D eigenvalue weighted by Crippen LogP contribution is 2.54. The summed E-state index contributed by atoms with van der Waals surface area (Å²) < 4.78 is 42.0. The molecule has 29 heavy (non-hydrogen) atoms. The summed E-state index contributed by atoms with van der Waals surface area (Å²) in [5.74, 6) is -1.59. The van der Waals surface area contributed by atoms with Gasteiger partial charge in [0.25, 0.3) is 0 Å². The van der Waals surface area contributed by atoms with Crippen LogP contribution >= 0.6 is 0 Å². The molecule has 1 aliphatic heterocycles. The van der Waals surface area contributed by atoms with Gasteiger partial charge in [0.2, 0.25) is 5.91 Å². The van der Waals surface area contributed by atoms with Crippen molar-refractivity contribution in [3.63, 3.8) is 0 Å². The van der Waals surface area contributed by atoms with Gasteiger partial charge in [0.15, 0.2) is 11.6 Å². The predicted octanol–water partition coefficient (Wildman–Crippen LogP) is 5.00. The molecule has 7 heteroatoms. The summed E-state index contributed by atoms with van der Waals surface area (Å²) in [6.45, 7) is 6.68. The Balaban J connectivity index is 1.60. The average Bonchev–Trinajstić information content (AvgIpc) is 3.36. The molecule has 4 nitrogen and oxygen atoms in total. The molecule has 4 rings (SSSR count). The van der Waals surface area contributed by atoms with Gasteiger partial charge in [-0.3, -0.25) is 4.79 Å². The molecule has 2 aliphatic rings. The van der Waals surface area contributed by atoms with Gasteiger partial charge in [-0.25, -0.2) is 18.2 Å². The standard InChI is InChI=1S/C22H24F3N3O/c1-22(2,3)9-19(29)26-21-17(25)8-18-20(27-21)15-6-13(15)11-28(18)10-12-4-5-14(23)7-16(12)24/h4-5,7-8,13,15H,6,9-11H2,1-3H3,(H,26,27,29)/t13-,15-/m0/s1. The quantitative estimate of drug-likeness (QED) is 0.782. The van der Waals surface area contributed by atoms with Crippen LogP contribution in [0.25, 0.3) is 0 Å². The predicted molar refractivity (Wildman–Crippen MR) is 105 cm³/mol. The third kappa shape index (κ3) is 4.23. The Kier molecular flexibility index (Phi) is 4.79. The molecule has 0 bridgehead atoms. The Hall–Kier alpha value is -2.57. The van der Waals surface area contributed by atoms with E-state index in [0.717, 1.165) is 18.2 Å². The number of hydrogen-bond acceptors (Lipinski definition) is 3. The summed E-state index contributed by atoms with van der Waals surface area (Å²) in [4.78, 5) is 18.5. The molecule has 1 saturated carbocycles. The Morgan fingerprint density at radius 1 is 1.21 bits per heavy atom. The van der Waals surface area contributed by atoms with Crippen molar-refractivity contribution >= 4 is 17.4 Å². The van der Waals surface area contributed by atoms with E-state index in [9.17, 15) is 18.0 Å². The molecule has 1 aromatic heterocycles. The van der Waals surface area contributed by atoms with Crippen molar-refractivity contribution in [2.24, 2.45) is 11.3 Å². The van der Waals surface area contributed by atoms with Gasteiger partial charge in [0.05, 0.1) is 11.4 Å². The highest BCUT2D eigenvalue weighted by Gasteiger charge is 2.46. The van der Waals surface area contributed by atoms with Gasteiger partial charge in [-0.2, -0.15) is 0 Å². The molecule has 0 radical (unpaired) electrons. The molecule has 2 atom stereocenters. The first-order valence-electron chi connectivity index (χ1n) is 9.80. The zero-order valence-electron chi connectivity index (χ0n) is 16.7. The first kappa shape index (κ1) is 19.7. The monoisotopic (exact) mass is 403 g/mol. The van der Waals surface area contributed by atoms with Crippen molar-refractivity contribution in [1.29, 1.82) is 0 Å². The van der Waals surface area contributed by atoms with Crippen LogP contribution in [0.15, 0.2) is 24.3 Å². The minimum atomic E-state index is -0.629. The Bertz CT molecular complexity index is 971. The topological polar surface area (TPSA) is 45.2 Å². The number of nitrogens with one attached hydrogen (secondary N) is 1. The van der Waals surface area contributed by atoms with Crippen LogP contribution in [0.4, 0.5) is 24.7 Å². The van der Waals surface area contributed by atoms with Crippen molar-refractivity contribution in [2.75, 3.05) is 16.8 Å². The second-order valence-electron chi connectivity index (χ2n) is 9.23. The lowest BCUT2D eigenvalue weighted by molar-refractivity contribution is -0.117. The van der Waals surface area contributed by atoms with Gasteiger partial charge in [-0.1, -0.05) is 26.8 Å². The number of fused-ring (bicyclic) bond motifs is 3. The molecular formula is C22H24F3N3O. The van der Waals surface area contributed by atoms with Gasteiger partial charge in [0, 0.05) is 43.1 Å². The molecule has 0 saturated heterocycles. The summed E-state index contributed by atoms with van der Waals surface area (Å²) in [6, 6.07) is 4.85. The number of anilines is 2. The number of nitrogens with zero attached hydrogens (tertiary/aromatic N) is 2. The third-order valence-corrected chi connectivity index (χ3v) is 5.38. The number of aromatic nitrogens is 1. The lowest BCUT2D eigenvalue weighted by Gasteiger charge is -2.31. The molecular weight excluding hydrogens is 379 g/mol. The van der Waals surface area contributed by atoms with Crippen LogP contribution in [0.2, 0.25) is 0 Å². The molecule has 1 aromatic carbocycles. The molecule has 0 spiro atoms. The van der Waals surface area contributed by atoms with E-state index in [1.807, 2.05) is 25.7 Å². The van der Waals surface area contributed by atoms with Gasteiger partial charge >= 0.3 is 0 Å². The van der Waals surface area contributed by atoms with E-state index < -0.39 is 17.5 Å². The summed E-state index contributed by atoms with van der Waals surface area (Å²) in [6.07, 6.45) is 1.19. The maximum atomic E-state index is 14.7. The fraction of sp³-hybridized carbons (Fsp3) is 0.455. The molecule has 2 aromatic rings. The molecule has 154 valence electrons. The van der Waals surface area contributed by atoms with Crippen molar-refractivity contribution in [2.45, 2.75) is 46.1 Å². The highest BCUT2D eigenvalue weighted by atomic mass is 19.1. The maximum Gasteiger partial charge on any atom is 0.226 e. The minimum Gasteiger partial charge on any atom is -0.365 e. The van der Waals surface area contributed by atoms with E-state index in [4.69, 9.17) is 0 Å². The molecule has 1 aliphatic carbocycles. The van der Waals surface area contributed by atoms with E-state index in [1.165, 1.54) is 18.2 Å². The Morgan fingerprint density at radius 2 is 1.97 bits per heavy atom. The number of hydrogen-bond donors (Lipinski definition) is 1. The highest BCUT2D eigenvalue weighted by molar-refractivity contribution is 5.90. The summed E-state index contributed by atoms with van der Waals surface area (Å²) >= 11 is 0. The molecule has 1 N–H and O–H groups in total. The number of benzene rings is 1. The number of rotatable bonds is 4. The van der Waals surface area contributed by atoms with Crippen molar-refractivity contribution in [1.82, 2.24) is 4.98 Å². The van der Waals surface area contributed by atoms with Gasteiger partial charge in [-0.05, 0) is 23.8 Å². The zero-order valence-corrected chi connectivity index (χ0v) is 16.7. The molecule has 0 unspecified atom stereocenters. The normalized spacial score (nSPS) is 20.1. The number of halogens is 3. The molecule has 1 fully saturated rings. The summed E-state index contributed by atoms with van der Waals surface area (Å²) in [7, 11) is 0.